The molecule has 1 aliphatic heterocycles. The number of halogens is 2. The third-order valence-corrected chi connectivity index (χ3v) is 5.32. The van der Waals surface area contributed by atoms with Crippen LogP contribution in [0.3, 0.4) is 0 Å². The lowest BCUT2D eigenvalue weighted by Gasteiger charge is -2.28. The highest BCUT2D eigenvalue weighted by molar-refractivity contribution is 5.62. The Morgan fingerprint density at radius 2 is 1.76 bits per heavy atom. The molecule has 29 heavy (non-hydrogen) atoms. The first-order valence-electron chi connectivity index (χ1n) is 9.89. The molecule has 0 radical (unpaired) electrons. The number of hydrogen-bond acceptors (Lipinski definition) is 3. The van der Waals surface area contributed by atoms with Gasteiger partial charge >= 0.3 is 0 Å². The zero-order valence-corrected chi connectivity index (χ0v) is 16.2. The molecule has 148 valence electrons. The molecule has 3 nitrogen and oxygen atoms in total. The molecule has 2 aromatic carbocycles. The number of aromatic nitrogens is 2. The molecule has 1 fully saturated rings. The normalized spacial score (nSPS) is 14.8. The maximum absolute atomic E-state index is 13.4. The summed E-state index contributed by atoms with van der Waals surface area (Å²) in [7, 11) is 0. The summed E-state index contributed by atoms with van der Waals surface area (Å²) in [5.41, 5.74) is 5.13. The van der Waals surface area contributed by atoms with Gasteiger partial charge in [0, 0.05) is 31.4 Å². The second kappa shape index (κ2) is 9.05. The molecule has 1 aliphatic rings. The Labute approximate surface area is 169 Å². The van der Waals surface area contributed by atoms with E-state index >= 15 is 0 Å². The first-order chi connectivity index (χ1) is 14.2. The average Bonchev–Trinajstić information content (AvgIpc) is 2.74. The van der Waals surface area contributed by atoms with Gasteiger partial charge in [0.2, 0.25) is 0 Å². The fraction of sp³-hybridized carbons (Fsp3) is 0.250. The second-order valence-electron chi connectivity index (χ2n) is 7.35. The third kappa shape index (κ3) is 5.12. The monoisotopic (exact) mass is 391 g/mol. The highest BCUT2D eigenvalue weighted by Gasteiger charge is 2.15. The molecular weight excluding hydrogens is 368 g/mol. The van der Waals surface area contributed by atoms with E-state index in [-0.39, 0.29) is 11.6 Å². The Kier molecular flexibility index (Phi) is 6.06. The molecule has 3 aromatic rings. The van der Waals surface area contributed by atoms with Gasteiger partial charge < -0.3 is 4.90 Å². The minimum absolute atomic E-state index is 0.196. The van der Waals surface area contributed by atoms with E-state index in [1.807, 2.05) is 12.3 Å². The zero-order chi connectivity index (χ0) is 20.1. The maximum atomic E-state index is 13.4. The predicted octanol–water partition coefficient (Wildman–Crippen LogP) is 5.14. The van der Waals surface area contributed by atoms with E-state index in [1.54, 1.807) is 24.3 Å². The first-order valence-corrected chi connectivity index (χ1v) is 9.89. The number of hydrogen-bond donors (Lipinski definition) is 0. The number of benzene rings is 2. The van der Waals surface area contributed by atoms with Crippen LogP contribution in [0.25, 0.3) is 17.3 Å². The van der Waals surface area contributed by atoms with Crippen LogP contribution in [0.5, 0.6) is 0 Å². The van der Waals surface area contributed by atoms with Crippen LogP contribution in [0.4, 0.5) is 8.78 Å². The highest BCUT2D eigenvalue weighted by atomic mass is 19.1. The minimum atomic E-state index is -0.250. The Hall–Kier alpha value is -2.92. The smallest absolute Gasteiger partial charge is 0.123 e. The zero-order valence-electron chi connectivity index (χ0n) is 16.2. The van der Waals surface area contributed by atoms with Crippen LogP contribution < -0.4 is 0 Å². The van der Waals surface area contributed by atoms with Crippen molar-refractivity contribution in [3.63, 3.8) is 0 Å². The molecule has 0 saturated carbocycles. The molecule has 0 spiro atoms. The lowest BCUT2D eigenvalue weighted by Crippen LogP contribution is -2.32. The van der Waals surface area contributed by atoms with Crippen LogP contribution in [-0.4, -0.2) is 34.5 Å². The van der Waals surface area contributed by atoms with Crippen molar-refractivity contribution in [3.8, 4) is 11.3 Å². The van der Waals surface area contributed by atoms with Crippen LogP contribution in [0, 0.1) is 11.6 Å². The van der Waals surface area contributed by atoms with Crippen molar-refractivity contribution in [2.24, 2.45) is 0 Å². The van der Waals surface area contributed by atoms with E-state index in [2.05, 4.69) is 20.9 Å². The van der Waals surface area contributed by atoms with Crippen molar-refractivity contribution in [1.82, 2.24) is 14.9 Å². The van der Waals surface area contributed by atoms with E-state index < -0.39 is 0 Å². The molecule has 0 unspecified atom stereocenters. The first kappa shape index (κ1) is 19.4. The lowest BCUT2D eigenvalue weighted by molar-refractivity contribution is 0.260. The van der Waals surface area contributed by atoms with Crippen molar-refractivity contribution in [2.75, 3.05) is 19.6 Å². The summed E-state index contributed by atoms with van der Waals surface area (Å²) in [6, 6.07) is 13.2. The number of piperidine rings is 1. The molecule has 0 bridgehead atoms. The van der Waals surface area contributed by atoms with Gasteiger partial charge in [-0.1, -0.05) is 23.8 Å². The Morgan fingerprint density at radius 1 is 0.966 bits per heavy atom. The molecule has 4 rings (SSSR count). The van der Waals surface area contributed by atoms with Crippen LogP contribution in [0.1, 0.15) is 24.0 Å². The van der Waals surface area contributed by atoms with Gasteiger partial charge in [0.1, 0.15) is 18.0 Å². The minimum Gasteiger partial charge on any atom is -0.302 e. The van der Waals surface area contributed by atoms with Gasteiger partial charge in [-0.3, -0.25) is 0 Å². The summed E-state index contributed by atoms with van der Waals surface area (Å²) < 4.78 is 26.6. The van der Waals surface area contributed by atoms with Crippen molar-refractivity contribution in [3.05, 3.63) is 89.4 Å². The van der Waals surface area contributed by atoms with E-state index in [4.69, 9.17) is 0 Å². The number of rotatable bonds is 5. The number of likely N-dealkylation sites (tertiary alicyclic amines) is 1. The SMILES string of the molecule is Fc1ccc(-c2ncncc2CCN2CCC(=Cc3cccc(F)c3)CC2)cc1. The van der Waals surface area contributed by atoms with Crippen LogP contribution in [0.15, 0.2) is 66.6 Å². The molecule has 0 aliphatic carbocycles. The summed E-state index contributed by atoms with van der Waals surface area (Å²) >= 11 is 0. The summed E-state index contributed by atoms with van der Waals surface area (Å²) in [6.45, 7) is 2.90. The fourth-order valence-corrected chi connectivity index (χ4v) is 3.73. The van der Waals surface area contributed by atoms with Crippen molar-refractivity contribution in [2.45, 2.75) is 19.3 Å². The van der Waals surface area contributed by atoms with Crippen molar-refractivity contribution in [1.29, 1.82) is 0 Å². The second-order valence-corrected chi connectivity index (χ2v) is 7.35. The fourth-order valence-electron chi connectivity index (χ4n) is 3.73. The standard InChI is InChI=1S/C24H23F2N3/c25-22-6-4-20(5-7-22)24-21(16-27-17-28-24)10-13-29-11-8-18(9-12-29)14-19-2-1-3-23(26)15-19/h1-7,14-17H,8-13H2. The topological polar surface area (TPSA) is 29.0 Å². The van der Waals surface area contributed by atoms with Crippen LogP contribution >= 0.6 is 0 Å². The quantitative estimate of drug-likeness (QED) is 0.603. The number of nitrogens with zero attached hydrogens (tertiary/aromatic N) is 3. The van der Waals surface area contributed by atoms with Crippen molar-refractivity contribution < 1.29 is 8.78 Å². The van der Waals surface area contributed by atoms with E-state index in [0.29, 0.717) is 0 Å². The maximum Gasteiger partial charge on any atom is 0.123 e. The van der Waals surface area contributed by atoms with E-state index in [9.17, 15) is 8.78 Å². The Morgan fingerprint density at radius 3 is 2.52 bits per heavy atom. The predicted molar refractivity (Wildman–Crippen MR) is 111 cm³/mol. The Bertz CT molecular complexity index is 989. The molecule has 2 heterocycles. The molecule has 0 amide bonds. The lowest BCUT2D eigenvalue weighted by atomic mass is 10.00. The third-order valence-electron chi connectivity index (χ3n) is 5.32. The molecule has 5 heteroatoms. The van der Waals surface area contributed by atoms with Gasteiger partial charge in [-0.25, -0.2) is 18.7 Å². The highest BCUT2D eigenvalue weighted by Crippen LogP contribution is 2.23. The van der Waals surface area contributed by atoms with Gasteiger partial charge in [0.15, 0.2) is 0 Å². The summed E-state index contributed by atoms with van der Waals surface area (Å²) in [5, 5.41) is 0. The summed E-state index contributed by atoms with van der Waals surface area (Å²) in [5.74, 6) is -0.446. The van der Waals surface area contributed by atoms with Gasteiger partial charge in [0.25, 0.3) is 0 Å². The van der Waals surface area contributed by atoms with Crippen LogP contribution in [0.2, 0.25) is 0 Å². The van der Waals surface area contributed by atoms with Gasteiger partial charge in [0.05, 0.1) is 5.69 Å². The van der Waals surface area contributed by atoms with Gasteiger partial charge in [-0.2, -0.15) is 0 Å². The van der Waals surface area contributed by atoms with Gasteiger partial charge in [-0.15, -0.1) is 0 Å². The van der Waals surface area contributed by atoms with E-state index in [0.717, 1.165) is 61.3 Å². The van der Waals surface area contributed by atoms with Crippen LogP contribution in [-0.2, 0) is 6.42 Å². The summed E-state index contributed by atoms with van der Waals surface area (Å²) in [4.78, 5) is 11.0. The molecule has 0 atom stereocenters. The molecule has 1 aromatic heterocycles. The summed E-state index contributed by atoms with van der Waals surface area (Å²) in [6.07, 6.45) is 8.32. The van der Waals surface area contributed by atoms with Crippen molar-refractivity contribution >= 4 is 6.08 Å². The average molecular weight is 391 g/mol. The molecule has 1 saturated heterocycles. The van der Waals surface area contributed by atoms with E-state index in [1.165, 1.54) is 30.1 Å². The molecule has 0 N–H and O–H groups in total. The van der Waals surface area contributed by atoms with Gasteiger partial charge in [-0.05, 0) is 66.8 Å². The largest absolute Gasteiger partial charge is 0.302 e. The Balaban J connectivity index is 1.36. The molecular formula is C24H23F2N3.